The normalized spacial score (nSPS) is 12.5. The van der Waals surface area contributed by atoms with Gasteiger partial charge < -0.3 is 0 Å². The number of hydrogen-bond acceptors (Lipinski definition) is 2. The van der Waals surface area contributed by atoms with E-state index in [1.165, 1.54) is 16.2 Å². The zero-order valence-corrected chi connectivity index (χ0v) is 13.4. The second kappa shape index (κ2) is 4.80. The highest BCUT2D eigenvalue weighted by molar-refractivity contribution is 6.07. The molecule has 0 aliphatic carbocycles. The summed E-state index contributed by atoms with van der Waals surface area (Å²) in [4.78, 5) is 9.70. The minimum Gasteiger partial charge on any atom is -0.236 e. The van der Waals surface area contributed by atoms with Crippen LogP contribution in [0.4, 0.5) is 0 Å². The molecule has 0 saturated carbocycles. The molecule has 0 radical (unpaired) electrons. The Hall–Kier alpha value is -1.96. The largest absolute Gasteiger partial charge is 0.236 e. The van der Waals surface area contributed by atoms with Crippen LogP contribution in [0.3, 0.4) is 0 Å². The molecule has 0 spiro atoms. The molecule has 0 fully saturated rings. The van der Waals surface area contributed by atoms with Crippen molar-refractivity contribution in [2.24, 2.45) is 0 Å². The maximum Gasteiger partial charge on any atom is 0.131 e. The first-order valence-electron chi connectivity index (χ1n) is 7.58. The first-order chi connectivity index (χ1) is 9.88. The average Bonchev–Trinajstić information content (AvgIpc) is 2.44. The van der Waals surface area contributed by atoms with Crippen LogP contribution in [-0.4, -0.2) is 9.97 Å². The summed E-state index contributed by atoms with van der Waals surface area (Å²) in [7, 11) is 0. The summed E-state index contributed by atoms with van der Waals surface area (Å²) in [6.45, 7) is 11.0. The molecule has 0 N–H and O–H groups in total. The molecule has 0 unspecified atom stereocenters. The van der Waals surface area contributed by atoms with Crippen LogP contribution < -0.4 is 0 Å². The third-order valence-corrected chi connectivity index (χ3v) is 3.83. The van der Waals surface area contributed by atoms with Crippen molar-refractivity contribution in [3.05, 3.63) is 47.9 Å². The third kappa shape index (κ3) is 2.39. The lowest BCUT2D eigenvalue weighted by atomic mass is 9.87. The first-order valence-corrected chi connectivity index (χ1v) is 7.58. The topological polar surface area (TPSA) is 25.8 Å². The maximum absolute atomic E-state index is 4.91. The molecular formula is C19H22N2. The Labute approximate surface area is 126 Å². The molecule has 2 heteroatoms. The number of hydrogen-bond donors (Lipinski definition) is 0. The predicted octanol–water partition coefficient (Wildman–Crippen LogP) is 5.20. The highest BCUT2D eigenvalue weighted by Gasteiger charge is 2.22. The minimum absolute atomic E-state index is 0.00501. The molecule has 2 nitrogen and oxygen atoms in total. The van der Waals surface area contributed by atoms with Gasteiger partial charge in [-0.15, -0.1) is 0 Å². The lowest BCUT2D eigenvalue weighted by molar-refractivity contribution is 0.566. The number of nitrogens with zero attached hydrogens (tertiary/aromatic N) is 2. The minimum atomic E-state index is -0.00501. The van der Waals surface area contributed by atoms with Gasteiger partial charge in [-0.05, 0) is 16.8 Å². The second-order valence-corrected chi connectivity index (χ2v) is 7.02. The van der Waals surface area contributed by atoms with Gasteiger partial charge in [-0.2, -0.15) is 0 Å². The Balaban J connectivity index is 2.51. The van der Waals surface area contributed by atoms with Gasteiger partial charge in [-0.1, -0.05) is 65.0 Å². The zero-order valence-electron chi connectivity index (χ0n) is 13.4. The van der Waals surface area contributed by atoms with Gasteiger partial charge in [-0.3, -0.25) is 0 Å². The van der Waals surface area contributed by atoms with E-state index in [0.717, 1.165) is 17.0 Å². The quantitative estimate of drug-likeness (QED) is 0.571. The third-order valence-electron chi connectivity index (χ3n) is 3.83. The summed E-state index contributed by atoms with van der Waals surface area (Å²) >= 11 is 0. The van der Waals surface area contributed by atoms with Gasteiger partial charge in [0.15, 0.2) is 0 Å². The monoisotopic (exact) mass is 278 g/mol. The molecule has 108 valence electrons. The van der Waals surface area contributed by atoms with Gasteiger partial charge in [-0.25, -0.2) is 9.97 Å². The van der Waals surface area contributed by atoms with Crippen LogP contribution in [0.2, 0.25) is 0 Å². The molecule has 0 bridgehead atoms. The predicted molar refractivity (Wildman–Crippen MR) is 89.8 cm³/mol. The second-order valence-electron chi connectivity index (χ2n) is 7.02. The van der Waals surface area contributed by atoms with Crippen LogP contribution in [0.15, 0.2) is 36.4 Å². The van der Waals surface area contributed by atoms with E-state index in [0.29, 0.717) is 5.92 Å². The SMILES string of the molecule is CC(C)c1nc(C(C)(C)C)c2c(ccc3ccccc32)n1. The van der Waals surface area contributed by atoms with E-state index in [9.17, 15) is 0 Å². The van der Waals surface area contributed by atoms with Crippen molar-refractivity contribution in [1.29, 1.82) is 0 Å². The van der Waals surface area contributed by atoms with Gasteiger partial charge in [0.25, 0.3) is 0 Å². The molecule has 2 aromatic carbocycles. The highest BCUT2D eigenvalue weighted by atomic mass is 14.9. The average molecular weight is 278 g/mol. The van der Waals surface area contributed by atoms with Crippen molar-refractivity contribution in [3.8, 4) is 0 Å². The van der Waals surface area contributed by atoms with E-state index in [2.05, 4.69) is 71.0 Å². The van der Waals surface area contributed by atoms with Crippen molar-refractivity contribution in [2.75, 3.05) is 0 Å². The van der Waals surface area contributed by atoms with E-state index < -0.39 is 0 Å². The number of benzene rings is 2. The summed E-state index contributed by atoms with van der Waals surface area (Å²) in [5.41, 5.74) is 2.19. The van der Waals surface area contributed by atoms with Crippen molar-refractivity contribution in [1.82, 2.24) is 9.97 Å². The molecule has 0 saturated heterocycles. The fourth-order valence-electron chi connectivity index (χ4n) is 2.72. The summed E-state index contributed by atoms with van der Waals surface area (Å²) in [6.07, 6.45) is 0. The van der Waals surface area contributed by atoms with E-state index in [1.54, 1.807) is 0 Å². The molecular weight excluding hydrogens is 256 g/mol. The summed E-state index contributed by atoms with van der Waals surface area (Å²) in [5, 5.41) is 3.69. The molecule has 1 heterocycles. The van der Waals surface area contributed by atoms with E-state index in [-0.39, 0.29) is 5.41 Å². The Morgan fingerprint density at radius 3 is 2.29 bits per heavy atom. The Morgan fingerprint density at radius 1 is 0.905 bits per heavy atom. The van der Waals surface area contributed by atoms with Crippen LogP contribution in [0, 0.1) is 0 Å². The number of fused-ring (bicyclic) bond motifs is 3. The summed E-state index contributed by atoms with van der Waals surface area (Å²) < 4.78 is 0. The Morgan fingerprint density at radius 2 is 1.62 bits per heavy atom. The summed E-state index contributed by atoms with van der Waals surface area (Å²) in [6, 6.07) is 12.8. The van der Waals surface area contributed by atoms with Gasteiger partial charge in [0.1, 0.15) is 5.82 Å². The van der Waals surface area contributed by atoms with Gasteiger partial charge >= 0.3 is 0 Å². The van der Waals surface area contributed by atoms with Crippen molar-refractivity contribution in [3.63, 3.8) is 0 Å². The van der Waals surface area contributed by atoms with Crippen LogP contribution in [0.1, 0.15) is 52.1 Å². The maximum atomic E-state index is 4.91. The van der Waals surface area contributed by atoms with Crippen molar-refractivity contribution >= 4 is 21.7 Å². The summed E-state index contributed by atoms with van der Waals surface area (Å²) in [5.74, 6) is 1.27. The molecule has 0 aliphatic heterocycles. The highest BCUT2D eigenvalue weighted by Crippen LogP contribution is 2.33. The van der Waals surface area contributed by atoms with Gasteiger partial charge in [0.05, 0.1) is 11.2 Å². The molecule has 1 aromatic heterocycles. The van der Waals surface area contributed by atoms with E-state index in [4.69, 9.17) is 9.97 Å². The molecule has 3 rings (SSSR count). The van der Waals surface area contributed by atoms with Crippen LogP contribution in [-0.2, 0) is 5.41 Å². The molecule has 3 aromatic rings. The van der Waals surface area contributed by atoms with Gasteiger partial charge in [0, 0.05) is 16.7 Å². The van der Waals surface area contributed by atoms with E-state index >= 15 is 0 Å². The molecule has 21 heavy (non-hydrogen) atoms. The van der Waals surface area contributed by atoms with Crippen molar-refractivity contribution < 1.29 is 0 Å². The lowest BCUT2D eigenvalue weighted by Crippen LogP contribution is -2.17. The first kappa shape index (κ1) is 14.0. The molecule has 0 aliphatic rings. The lowest BCUT2D eigenvalue weighted by Gasteiger charge is -2.22. The van der Waals surface area contributed by atoms with E-state index in [1.807, 2.05) is 0 Å². The fourth-order valence-corrected chi connectivity index (χ4v) is 2.72. The van der Waals surface area contributed by atoms with Crippen molar-refractivity contribution in [2.45, 2.75) is 46.0 Å². The standard InChI is InChI=1S/C19H22N2/c1-12(2)18-20-15-11-10-13-8-6-7-9-14(13)16(15)17(21-18)19(3,4)5/h6-12H,1-5H3. The van der Waals surface area contributed by atoms with Crippen LogP contribution in [0.25, 0.3) is 21.7 Å². The zero-order chi connectivity index (χ0) is 15.2. The van der Waals surface area contributed by atoms with Crippen LogP contribution >= 0.6 is 0 Å². The van der Waals surface area contributed by atoms with Gasteiger partial charge in [0.2, 0.25) is 0 Å². The fraction of sp³-hybridized carbons (Fsp3) is 0.368. The Kier molecular flexibility index (Phi) is 3.20. The molecule has 0 atom stereocenters. The smallest absolute Gasteiger partial charge is 0.131 e. The number of aromatic nitrogens is 2. The van der Waals surface area contributed by atoms with Crippen LogP contribution in [0.5, 0.6) is 0 Å². The Bertz CT molecular complexity index is 811. The molecule has 0 amide bonds. The number of rotatable bonds is 1.